The molecule has 0 aromatic heterocycles. The SMILES string of the molecule is CC(C)(C)OC(=O)NCCC/C=C/c1ccccc1. The molecule has 1 amide bonds. The number of benzene rings is 1. The first-order valence-electron chi connectivity index (χ1n) is 6.66. The van der Waals surface area contributed by atoms with Gasteiger partial charge in [0.2, 0.25) is 0 Å². The van der Waals surface area contributed by atoms with Crippen LogP contribution in [-0.2, 0) is 4.74 Å². The van der Waals surface area contributed by atoms with Crippen LogP contribution in [0.2, 0.25) is 0 Å². The highest BCUT2D eigenvalue weighted by Crippen LogP contribution is 2.06. The summed E-state index contributed by atoms with van der Waals surface area (Å²) in [6.45, 7) is 6.20. The molecule has 0 saturated heterocycles. The van der Waals surface area contributed by atoms with E-state index in [1.807, 2.05) is 39.0 Å². The van der Waals surface area contributed by atoms with E-state index < -0.39 is 5.60 Å². The Bertz CT molecular complexity index is 405. The van der Waals surface area contributed by atoms with Gasteiger partial charge >= 0.3 is 6.09 Å². The number of ether oxygens (including phenoxy) is 1. The molecule has 0 bridgehead atoms. The smallest absolute Gasteiger partial charge is 0.407 e. The second-order valence-corrected chi connectivity index (χ2v) is 5.38. The number of hydrogen-bond acceptors (Lipinski definition) is 2. The maximum Gasteiger partial charge on any atom is 0.407 e. The zero-order valence-electron chi connectivity index (χ0n) is 12.0. The Morgan fingerprint density at radius 2 is 1.95 bits per heavy atom. The minimum atomic E-state index is -0.433. The van der Waals surface area contributed by atoms with Crippen LogP contribution in [-0.4, -0.2) is 18.2 Å². The molecule has 0 aliphatic heterocycles. The fourth-order valence-electron chi connectivity index (χ4n) is 1.51. The van der Waals surface area contributed by atoms with Crippen LogP contribution in [0, 0.1) is 0 Å². The van der Waals surface area contributed by atoms with Gasteiger partial charge in [0.05, 0.1) is 0 Å². The van der Waals surface area contributed by atoms with Crippen molar-refractivity contribution in [3.63, 3.8) is 0 Å². The maximum atomic E-state index is 11.4. The summed E-state index contributed by atoms with van der Waals surface area (Å²) < 4.78 is 5.15. The molecule has 0 saturated carbocycles. The molecule has 0 heterocycles. The van der Waals surface area contributed by atoms with Gasteiger partial charge in [0.15, 0.2) is 0 Å². The summed E-state index contributed by atoms with van der Waals surface area (Å²) in [4.78, 5) is 11.4. The van der Waals surface area contributed by atoms with E-state index in [1.165, 1.54) is 5.56 Å². The molecule has 1 aromatic rings. The number of allylic oxidation sites excluding steroid dienone is 1. The van der Waals surface area contributed by atoms with Crippen molar-refractivity contribution in [2.45, 2.75) is 39.2 Å². The van der Waals surface area contributed by atoms with Crippen molar-refractivity contribution in [2.75, 3.05) is 6.54 Å². The van der Waals surface area contributed by atoms with Crippen LogP contribution in [0.1, 0.15) is 39.2 Å². The van der Waals surface area contributed by atoms with E-state index in [-0.39, 0.29) is 6.09 Å². The molecule has 104 valence electrons. The third-order valence-corrected chi connectivity index (χ3v) is 2.33. The Kier molecular flexibility index (Phi) is 6.13. The number of carbonyl (C=O) groups is 1. The molecule has 3 nitrogen and oxygen atoms in total. The molecule has 1 rings (SSSR count). The summed E-state index contributed by atoms with van der Waals surface area (Å²) in [6, 6.07) is 10.2. The van der Waals surface area contributed by atoms with Crippen molar-refractivity contribution >= 4 is 12.2 Å². The highest BCUT2D eigenvalue weighted by atomic mass is 16.6. The highest BCUT2D eigenvalue weighted by Gasteiger charge is 2.15. The summed E-state index contributed by atoms with van der Waals surface area (Å²) in [6.07, 6.45) is 5.70. The normalized spacial score (nSPS) is 11.5. The number of nitrogens with one attached hydrogen (secondary N) is 1. The summed E-state index contributed by atoms with van der Waals surface area (Å²) in [7, 11) is 0. The second-order valence-electron chi connectivity index (χ2n) is 5.38. The molecule has 0 spiro atoms. The largest absolute Gasteiger partial charge is 0.444 e. The van der Waals surface area contributed by atoms with Gasteiger partial charge in [0.25, 0.3) is 0 Å². The molecule has 1 aromatic carbocycles. The summed E-state index contributed by atoms with van der Waals surface area (Å²) in [5, 5.41) is 2.74. The van der Waals surface area contributed by atoms with Gasteiger partial charge in [-0.15, -0.1) is 0 Å². The predicted molar refractivity (Wildman–Crippen MR) is 78.9 cm³/mol. The van der Waals surface area contributed by atoms with E-state index in [9.17, 15) is 4.79 Å². The quantitative estimate of drug-likeness (QED) is 0.813. The number of carbonyl (C=O) groups excluding carboxylic acids is 1. The average Bonchev–Trinajstić information content (AvgIpc) is 2.32. The summed E-state index contributed by atoms with van der Waals surface area (Å²) in [5.74, 6) is 0. The first-order valence-corrected chi connectivity index (χ1v) is 6.66. The molecule has 0 unspecified atom stereocenters. The Morgan fingerprint density at radius 3 is 2.58 bits per heavy atom. The Balaban J connectivity index is 2.12. The van der Waals surface area contributed by atoms with Gasteiger partial charge in [-0.3, -0.25) is 0 Å². The van der Waals surface area contributed by atoms with Crippen molar-refractivity contribution in [3.05, 3.63) is 42.0 Å². The first-order chi connectivity index (χ1) is 8.97. The fourth-order valence-corrected chi connectivity index (χ4v) is 1.51. The van der Waals surface area contributed by atoms with Gasteiger partial charge in [-0.05, 0) is 39.2 Å². The van der Waals surface area contributed by atoms with E-state index >= 15 is 0 Å². The lowest BCUT2D eigenvalue weighted by molar-refractivity contribution is 0.0527. The van der Waals surface area contributed by atoms with Crippen molar-refractivity contribution in [3.8, 4) is 0 Å². The minimum Gasteiger partial charge on any atom is -0.444 e. The van der Waals surface area contributed by atoms with Gasteiger partial charge in [0, 0.05) is 6.54 Å². The van der Waals surface area contributed by atoms with E-state index in [4.69, 9.17) is 4.74 Å². The molecule has 0 aliphatic rings. The maximum absolute atomic E-state index is 11.4. The minimum absolute atomic E-state index is 0.348. The topological polar surface area (TPSA) is 38.3 Å². The molecular weight excluding hydrogens is 238 g/mol. The number of hydrogen-bond donors (Lipinski definition) is 1. The second kappa shape index (κ2) is 7.62. The molecule has 0 fully saturated rings. The Morgan fingerprint density at radius 1 is 1.26 bits per heavy atom. The lowest BCUT2D eigenvalue weighted by Gasteiger charge is -2.19. The third kappa shape index (κ3) is 8.03. The molecule has 0 aliphatic carbocycles. The number of unbranched alkanes of at least 4 members (excludes halogenated alkanes) is 1. The monoisotopic (exact) mass is 261 g/mol. The van der Waals surface area contributed by atoms with Gasteiger partial charge in [0.1, 0.15) is 5.60 Å². The zero-order valence-corrected chi connectivity index (χ0v) is 12.0. The first kappa shape index (κ1) is 15.3. The van der Waals surface area contributed by atoms with Crippen LogP contribution in [0.15, 0.2) is 36.4 Å². The summed E-state index contributed by atoms with van der Waals surface area (Å²) >= 11 is 0. The Labute approximate surface area is 115 Å². The van der Waals surface area contributed by atoms with Crippen LogP contribution in [0.4, 0.5) is 4.79 Å². The van der Waals surface area contributed by atoms with Gasteiger partial charge in [-0.1, -0.05) is 42.5 Å². The molecular formula is C16H23NO2. The van der Waals surface area contributed by atoms with Crippen LogP contribution in [0.25, 0.3) is 6.08 Å². The zero-order chi connectivity index (χ0) is 14.1. The molecule has 0 atom stereocenters. The van der Waals surface area contributed by atoms with E-state index in [2.05, 4.69) is 29.6 Å². The molecule has 0 radical (unpaired) electrons. The van der Waals surface area contributed by atoms with Crippen molar-refractivity contribution in [1.82, 2.24) is 5.32 Å². The average molecular weight is 261 g/mol. The van der Waals surface area contributed by atoms with Crippen LogP contribution < -0.4 is 5.32 Å². The number of alkyl carbamates (subject to hydrolysis) is 1. The molecule has 3 heteroatoms. The third-order valence-electron chi connectivity index (χ3n) is 2.33. The number of rotatable bonds is 5. The van der Waals surface area contributed by atoms with E-state index in [1.54, 1.807) is 0 Å². The molecule has 1 N–H and O–H groups in total. The van der Waals surface area contributed by atoms with Crippen molar-refractivity contribution < 1.29 is 9.53 Å². The standard InChI is InChI=1S/C16H23NO2/c1-16(2,3)19-15(18)17-13-9-5-8-12-14-10-6-4-7-11-14/h4,6-8,10-12H,5,9,13H2,1-3H3,(H,17,18)/b12-8+. The summed E-state index contributed by atoms with van der Waals surface area (Å²) in [5.41, 5.74) is 0.764. The fraction of sp³-hybridized carbons (Fsp3) is 0.438. The Hall–Kier alpha value is -1.77. The van der Waals surface area contributed by atoms with Crippen molar-refractivity contribution in [1.29, 1.82) is 0 Å². The van der Waals surface area contributed by atoms with Crippen LogP contribution in [0.3, 0.4) is 0 Å². The van der Waals surface area contributed by atoms with Crippen LogP contribution >= 0.6 is 0 Å². The lowest BCUT2D eigenvalue weighted by Crippen LogP contribution is -2.32. The van der Waals surface area contributed by atoms with Gasteiger partial charge in [-0.2, -0.15) is 0 Å². The molecule has 19 heavy (non-hydrogen) atoms. The van der Waals surface area contributed by atoms with Crippen molar-refractivity contribution in [2.24, 2.45) is 0 Å². The highest BCUT2D eigenvalue weighted by molar-refractivity contribution is 5.67. The lowest BCUT2D eigenvalue weighted by atomic mass is 10.2. The van der Waals surface area contributed by atoms with E-state index in [0.29, 0.717) is 6.54 Å². The van der Waals surface area contributed by atoms with Gasteiger partial charge in [-0.25, -0.2) is 4.79 Å². The van der Waals surface area contributed by atoms with E-state index in [0.717, 1.165) is 12.8 Å². The van der Waals surface area contributed by atoms with Crippen LogP contribution in [0.5, 0.6) is 0 Å². The predicted octanol–water partition coefficient (Wildman–Crippen LogP) is 4.00. The number of amides is 1. The van der Waals surface area contributed by atoms with Gasteiger partial charge < -0.3 is 10.1 Å².